The molecule has 0 fully saturated rings. The van der Waals surface area contributed by atoms with Gasteiger partial charge in [0.2, 0.25) is 0 Å². The number of rotatable bonds is 6. The number of amidine groups is 1. The highest BCUT2D eigenvalue weighted by molar-refractivity contribution is 9.11. The molecule has 0 heterocycles. The van der Waals surface area contributed by atoms with E-state index in [1.165, 1.54) is 0 Å². The Morgan fingerprint density at radius 1 is 1.42 bits per heavy atom. The number of nitrogens with zero attached hydrogens (tertiary/aromatic N) is 1. The van der Waals surface area contributed by atoms with Gasteiger partial charge in [0.05, 0.1) is 11.1 Å². The zero-order chi connectivity index (χ0) is 14.5. The molecule has 106 valence electrons. The van der Waals surface area contributed by atoms with Gasteiger partial charge in [0.15, 0.2) is 0 Å². The Labute approximate surface area is 130 Å². The number of halogens is 2. The Kier molecular flexibility index (Phi) is 6.13. The van der Waals surface area contributed by atoms with Gasteiger partial charge in [-0.15, -0.1) is 0 Å². The van der Waals surface area contributed by atoms with Gasteiger partial charge in [-0.25, -0.2) is 0 Å². The molecule has 0 aliphatic rings. The lowest BCUT2D eigenvalue weighted by Gasteiger charge is -2.22. The Morgan fingerprint density at radius 2 is 2.11 bits per heavy atom. The average Bonchev–Trinajstić information content (AvgIpc) is 2.35. The van der Waals surface area contributed by atoms with E-state index in [0.717, 1.165) is 27.5 Å². The summed E-state index contributed by atoms with van der Waals surface area (Å²) in [6.45, 7) is 4.47. The summed E-state index contributed by atoms with van der Waals surface area (Å²) < 4.78 is 7.60. The minimum absolute atomic E-state index is 0.248. The van der Waals surface area contributed by atoms with Gasteiger partial charge >= 0.3 is 0 Å². The molecule has 0 bridgehead atoms. The number of benzene rings is 1. The maximum atomic E-state index is 8.69. The fourth-order valence-corrected chi connectivity index (χ4v) is 2.71. The van der Waals surface area contributed by atoms with Crippen molar-refractivity contribution in [2.75, 3.05) is 6.61 Å². The first kappa shape index (κ1) is 16.3. The Bertz CT molecular complexity index is 462. The van der Waals surface area contributed by atoms with Gasteiger partial charge in [-0.2, -0.15) is 0 Å². The Balaban J connectivity index is 2.43. The third-order valence-corrected chi connectivity index (χ3v) is 4.01. The van der Waals surface area contributed by atoms with Crippen LogP contribution >= 0.6 is 31.9 Å². The molecule has 0 saturated carbocycles. The molecule has 19 heavy (non-hydrogen) atoms. The van der Waals surface area contributed by atoms with Crippen LogP contribution in [0.4, 0.5) is 0 Å². The highest BCUT2D eigenvalue weighted by atomic mass is 79.9. The number of hydrogen-bond acceptors (Lipinski definition) is 3. The van der Waals surface area contributed by atoms with Gasteiger partial charge in [0.1, 0.15) is 11.6 Å². The zero-order valence-electron chi connectivity index (χ0n) is 11.0. The first-order valence-electron chi connectivity index (χ1n) is 5.92. The molecule has 0 aliphatic carbocycles. The summed E-state index contributed by atoms with van der Waals surface area (Å²) in [6, 6.07) is 5.78. The van der Waals surface area contributed by atoms with Crippen molar-refractivity contribution in [3.63, 3.8) is 0 Å². The number of oxime groups is 1. The van der Waals surface area contributed by atoms with Crippen molar-refractivity contribution in [1.82, 2.24) is 0 Å². The molecule has 0 aliphatic heterocycles. The van der Waals surface area contributed by atoms with E-state index in [0.29, 0.717) is 6.61 Å². The second-order valence-corrected chi connectivity index (χ2v) is 6.67. The quantitative estimate of drug-likeness (QED) is 0.251. The number of ether oxygens (including phenoxy) is 1. The molecule has 0 saturated heterocycles. The molecule has 6 heteroatoms. The van der Waals surface area contributed by atoms with E-state index >= 15 is 0 Å². The van der Waals surface area contributed by atoms with Crippen molar-refractivity contribution in [2.45, 2.75) is 26.7 Å². The van der Waals surface area contributed by atoms with Gasteiger partial charge in [-0.3, -0.25) is 0 Å². The molecular weight excluding hydrogens is 376 g/mol. The highest BCUT2D eigenvalue weighted by Crippen LogP contribution is 2.29. The predicted octanol–water partition coefficient (Wildman–Crippen LogP) is 4.14. The first-order chi connectivity index (χ1) is 8.86. The summed E-state index contributed by atoms with van der Waals surface area (Å²) in [7, 11) is 0. The summed E-state index contributed by atoms with van der Waals surface area (Å²) in [5, 5.41) is 11.8. The monoisotopic (exact) mass is 392 g/mol. The topological polar surface area (TPSA) is 67.8 Å². The number of nitrogens with two attached hydrogens (primary N) is 1. The van der Waals surface area contributed by atoms with Gasteiger partial charge in [0, 0.05) is 9.89 Å². The minimum Gasteiger partial charge on any atom is -0.492 e. The van der Waals surface area contributed by atoms with Crippen molar-refractivity contribution >= 4 is 37.7 Å². The molecule has 0 spiro atoms. The van der Waals surface area contributed by atoms with Crippen LogP contribution in [0.25, 0.3) is 0 Å². The second kappa shape index (κ2) is 7.14. The van der Waals surface area contributed by atoms with Crippen molar-refractivity contribution in [3.05, 3.63) is 27.1 Å². The van der Waals surface area contributed by atoms with Crippen LogP contribution in [0.5, 0.6) is 5.75 Å². The van der Waals surface area contributed by atoms with Crippen LogP contribution in [0.15, 0.2) is 32.3 Å². The lowest BCUT2D eigenvalue weighted by atomic mass is 9.87. The molecule has 1 rings (SSSR count). The van der Waals surface area contributed by atoms with Crippen LogP contribution < -0.4 is 10.5 Å². The second-order valence-electron chi connectivity index (χ2n) is 4.90. The van der Waals surface area contributed by atoms with E-state index in [2.05, 4.69) is 37.0 Å². The molecule has 1 aromatic carbocycles. The molecule has 0 amide bonds. The normalized spacial score (nSPS) is 12.5. The predicted molar refractivity (Wildman–Crippen MR) is 83.8 cm³/mol. The van der Waals surface area contributed by atoms with E-state index in [-0.39, 0.29) is 11.3 Å². The standard InChI is InChI=1S/C13H18Br2N2O2/c1-13(2,12(16)17-18)6-3-7-19-11-5-4-9(14)8-10(11)15/h4-5,8,18H,3,6-7H2,1-2H3,(H2,16,17). The van der Waals surface area contributed by atoms with Gasteiger partial charge in [-0.05, 0) is 47.0 Å². The third-order valence-electron chi connectivity index (χ3n) is 2.90. The lowest BCUT2D eigenvalue weighted by molar-refractivity contribution is 0.276. The minimum atomic E-state index is -0.324. The fourth-order valence-electron chi connectivity index (χ4n) is 1.55. The summed E-state index contributed by atoms with van der Waals surface area (Å²) in [4.78, 5) is 0. The van der Waals surface area contributed by atoms with Crippen LogP contribution in [-0.4, -0.2) is 17.6 Å². The van der Waals surface area contributed by atoms with Gasteiger partial charge < -0.3 is 15.7 Å². The summed E-state index contributed by atoms with van der Waals surface area (Å²) in [5.74, 6) is 1.06. The van der Waals surface area contributed by atoms with Crippen molar-refractivity contribution in [1.29, 1.82) is 0 Å². The van der Waals surface area contributed by atoms with Gasteiger partial charge in [0.25, 0.3) is 0 Å². The van der Waals surface area contributed by atoms with Gasteiger partial charge in [-0.1, -0.05) is 34.9 Å². The van der Waals surface area contributed by atoms with Crippen LogP contribution in [0, 0.1) is 5.41 Å². The molecule has 1 aromatic rings. The van der Waals surface area contributed by atoms with E-state index in [1.54, 1.807) is 0 Å². The third kappa shape index (κ3) is 5.03. The molecule has 3 N–H and O–H groups in total. The van der Waals surface area contributed by atoms with Crippen molar-refractivity contribution < 1.29 is 9.94 Å². The SMILES string of the molecule is CC(C)(CCCOc1ccc(Br)cc1Br)C(N)=NO. The molecule has 0 radical (unpaired) electrons. The maximum Gasteiger partial charge on any atom is 0.144 e. The first-order valence-corrected chi connectivity index (χ1v) is 7.51. The van der Waals surface area contributed by atoms with E-state index in [9.17, 15) is 0 Å². The average molecular weight is 394 g/mol. The van der Waals surface area contributed by atoms with E-state index < -0.39 is 0 Å². The lowest BCUT2D eigenvalue weighted by Crippen LogP contribution is -2.32. The molecule has 0 aromatic heterocycles. The maximum absolute atomic E-state index is 8.69. The van der Waals surface area contributed by atoms with Crippen molar-refractivity contribution in [3.8, 4) is 5.75 Å². The summed E-state index contributed by atoms with van der Waals surface area (Å²) in [6.07, 6.45) is 1.61. The van der Waals surface area contributed by atoms with Crippen LogP contribution in [0.1, 0.15) is 26.7 Å². The smallest absolute Gasteiger partial charge is 0.144 e. The summed E-state index contributed by atoms with van der Waals surface area (Å²) in [5.41, 5.74) is 5.31. The molecular formula is C13H18Br2N2O2. The molecule has 4 nitrogen and oxygen atoms in total. The van der Waals surface area contributed by atoms with Crippen LogP contribution in [0.2, 0.25) is 0 Å². The Hall–Kier alpha value is -0.750. The molecule has 0 unspecified atom stereocenters. The summed E-state index contributed by atoms with van der Waals surface area (Å²) >= 11 is 6.84. The zero-order valence-corrected chi connectivity index (χ0v) is 14.2. The van der Waals surface area contributed by atoms with Crippen LogP contribution in [0.3, 0.4) is 0 Å². The molecule has 0 atom stereocenters. The van der Waals surface area contributed by atoms with E-state index in [4.69, 9.17) is 15.7 Å². The van der Waals surface area contributed by atoms with E-state index in [1.807, 2.05) is 32.0 Å². The van der Waals surface area contributed by atoms with Crippen LogP contribution in [-0.2, 0) is 0 Å². The number of hydrogen-bond donors (Lipinski definition) is 2. The highest BCUT2D eigenvalue weighted by Gasteiger charge is 2.22. The fraction of sp³-hybridized carbons (Fsp3) is 0.462. The largest absolute Gasteiger partial charge is 0.492 e. The van der Waals surface area contributed by atoms with Crippen molar-refractivity contribution in [2.24, 2.45) is 16.3 Å². The Morgan fingerprint density at radius 3 is 2.68 bits per heavy atom.